The van der Waals surface area contributed by atoms with Crippen molar-refractivity contribution in [3.05, 3.63) is 28.5 Å². The molecule has 1 aliphatic heterocycles. The fraction of sp³-hybridized carbons (Fsp3) is 0.533. The lowest BCUT2D eigenvalue weighted by Gasteiger charge is -2.23. The van der Waals surface area contributed by atoms with Gasteiger partial charge in [0, 0.05) is 11.0 Å². The van der Waals surface area contributed by atoms with E-state index < -0.39 is 0 Å². The van der Waals surface area contributed by atoms with Crippen molar-refractivity contribution in [1.82, 2.24) is 9.55 Å². The van der Waals surface area contributed by atoms with Gasteiger partial charge >= 0.3 is 0 Å². The fourth-order valence-electron chi connectivity index (χ4n) is 2.80. The van der Waals surface area contributed by atoms with Crippen LogP contribution in [0.15, 0.2) is 22.7 Å². The Balaban J connectivity index is 2.01. The van der Waals surface area contributed by atoms with Gasteiger partial charge in [-0.1, -0.05) is 15.9 Å². The van der Waals surface area contributed by atoms with Crippen LogP contribution in [-0.2, 0) is 6.54 Å². The summed E-state index contributed by atoms with van der Waals surface area (Å²) >= 11 is 12.0. The minimum Gasteiger partial charge on any atom is -0.326 e. The van der Waals surface area contributed by atoms with E-state index in [1.807, 2.05) is 13.0 Å². The molecule has 1 atom stereocenters. The third-order valence-electron chi connectivity index (χ3n) is 3.88. The van der Waals surface area contributed by atoms with Gasteiger partial charge in [0.15, 0.2) is 0 Å². The van der Waals surface area contributed by atoms with Crippen LogP contribution in [0.5, 0.6) is 0 Å². The first-order chi connectivity index (χ1) is 9.65. The van der Waals surface area contributed by atoms with E-state index in [9.17, 15) is 0 Å². The second kappa shape index (κ2) is 6.29. The molecule has 2 heterocycles. The molecule has 2 nitrogen and oxygen atoms in total. The van der Waals surface area contributed by atoms with Gasteiger partial charge in [-0.25, -0.2) is 4.98 Å². The highest BCUT2D eigenvalue weighted by Gasteiger charge is 2.20. The highest BCUT2D eigenvalue weighted by Crippen LogP contribution is 2.30. The first-order valence-electron chi connectivity index (χ1n) is 7.02. The van der Waals surface area contributed by atoms with Crippen molar-refractivity contribution in [2.75, 3.05) is 11.5 Å². The Bertz CT molecular complexity index is 605. The minimum atomic E-state index is -0.0564. The lowest BCUT2D eigenvalue weighted by Crippen LogP contribution is -2.18. The Morgan fingerprint density at radius 1 is 1.45 bits per heavy atom. The Morgan fingerprint density at radius 3 is 2.90 bits per heavy atom. The summed E-state index contributed by atoms with van der Waals surface area (Å²) < 4.78 is 3.43. The Morgan fingerprint density at radius 2 is 2.20 bits per heavy atom. The molecular weight excluding hydrogens is 356 g/mol. The molecule has 0 amide bonds. The quantitative estimate of drug-likeness (QED) is 0.684. The zero-order valence-electron chi connectivity index (χ0n) is 11.5. The summed E-state index contributed by atoms with van der Waals surface area (Å²) in [5, 5.41) is -0.0564. The molecule has 0 saturated carbocycles. The maximum atomic E-state index is 6.34. The van der Waals surface area contributed by atoms with Crippen molar-refractivity contribution < 1.29 is 0 Å². The molecular formula is C15H18BrClN2S. The molecule has 0 aliphatic carbocycles. The Kier molecular flexibility index (Phi) is 4.63. The summed E-state index contributed by atoms with van der Waals surface area (Å²) in [6, 6.07) is 6.26. The first-order valence-corrected chi connectivity index (χ1v) is 9.41. The van der Waals surface area contributed by atoms with Gasteiger partial charge in [-0.15, -0.1) is 11.6 Å². The molecule has 1 fully saturated rings. The molecule has 0 bridgehead atoms. The lowest BCUT2D eigenvalue weighted by molar-refractivity contribution is 0.415. The van der Waals surface area contributed by atoms with Crippen LogP contribution < -0.4 is 0 Å². The minimum absolute atomic E-state index is 0.0564. The number of thioether (sulfide) groups is 1. The van der Waals surface area contributed by atoms with Gasteiger partial charge in [0.05, 0.1) is 16.4 Å². The molecule has 3 rings (SSSR count). The van der Waals surface area contributed by atoms with E-state index in [1.54, 1.807) is 0 Å². The molecule has 0 spiro atoms. The average molecular weight is 374 g/mol. The average Bonchev–Trinajstić information content (AvgIpc) is 2.78. The summed E-state index contributed by atoms with van der Waals surface area (Å²) in [6.07, 6.45) is 2.60. The molecule has 1 saturated heterocycles. The number of nitrogens with zero attached hydrogens (tertiary/aromatic N) is 2. The first kappa shape index (κ1) is 14.7. The largest absolute Gasteiger partial charge is 0.326 e. The van der Waals surface area contributed by atoms with Crippen LogP contribution in [0, 0.1) is 5.92 Å². The van der Waals surface area contributed by atoms with Gasteiger partial charge in [0.25, 0.3) is 0 Å². The van der Waals surface area contributed by atoms with Gasteiger partial charge in [-0.2, -0.15) is 11.8 Å². The molecule has 1 unspecified atom stereocenters. The van der Waals surface area contributed by atoms with Crippen LogP contribution in [-0.4, -0.2) is 21.1 Å². The standard InChI is InChI=1S/C15H18BrClN2S/c1-10(17)15-18-13-3-2-12(16)8-14(13)19(15)9-11-4-6-20-7-5-11/h2-3,8,10-11H,4-7,9H2,1H3. The third-order valence-corrected chi connectivity index (χ3v) is 5.61. The smallest absolute Gasteiger partial charge is 0.127 e. The van der Waals surface area contributed by atoms with Gasteiger partial charge in [-0.3, -0.25) is 0 Å². The second-order valence-electron chi connectivity index (χ2n) is 5.39. The zero-order valence-corrected chi connectivity index (χ0v) is 14.6. The lowest BCUT2D eigenvalue weighted by atomic mass is 10.0. The molecule has 1 aromatic carbocycles. The van der Waals surface area contributed by atoms with Crippen LogP contribution in [0.2, 0.25) is 0 Å². The number of imidazole rings is 1. The highest BCUT2D eigenvalue weighted by atomic mass is 79.9. The number of aromatic nitrogens is 2. The number of alkyl halides is 1. The SMILES string of the molecule is CC(Cl)c1nc2ccc(Br)cc2n1CC1CCSCC1. The number of hydrogen-bond acceptors (Lipinski definition) is 2. The maximum absolute atomic E-state index is 6.34. The number of hydrogen-bond donors (Lipinski definition) is 0. The maximum Gasteiger partial charge on any atom is 0.127 e. The summed E-state index contributed by atoms with van der Waals surface area (Å²) in [6.45, 7) is 3.05. The molecule has 1 aromatic heterocycles. The molecule has 5 heteroatoms. The van der Waals surface area contributed by atoms with E-state index in [1.165, 1.54) is 29.9 Å². The predicted octanol–water partition coefficient (Wildman–Crippen LogP) is 5.24. The second-order valence-corrected chi connectivity index (χ2v) is 8.18. The third kappa shape index (κ3) is 3.02. The van der Waals surface area contributed by atoms with E-state index >= 15 is 0 Å². The monoisotopic (exact) mass is 372 g/mol. The van der Waals surface area contributed by atoms with Crippen LogP contribution in [0.25, 0.3) is 11.0 Å². The number of rotatable bonds is 3. The highest BCUT2D eigenvalue weighted by molar-refractivity contribution is 9.10. The molecule has 0 N–H and O–H groups in total. The van der Waals surface area contributed by atoms with Crippen LogP contribution in [0.4, 0.5) is 0 Å². The summed E-state index contributed by atoms with van der Waals surface area (Å²) in [5.41, 5.74) is 2.24. The normalized spacial score (nSPS) is 18.6. The summed E-state index contributed by atoms with van der Waals surface area (Å²) in [5.74, 6) is 4.32. The number of benzene rings is 1. The van der Waals surface area contributed by atoms with E-state index in [0.717, 1.165) is 28.3 Å². The van der Waals surface area contributed by atoms with E-state index in [0.29, 0.717) is 0 Å². The fourth-order valence-corrected chi connectivity index (χ4v) is 4.52. The molecule has 2 aromatic rings. The molecule has 0 radical (unpaired) electrons. The van der Waals surface area contributed by atoms with Gasteiger partial charge in [0.1, 0.15) is 5.82 Å². The van der Waals surface area contributed by atoms with Crippen molar-refractivity contribution in [2.45, 2.75) is 31.7 Å². The van der Waals surface area contributed by atoms with E-state index in [4.69, 9.17) is 16.6 Å². The van der Waals surface area contributed by atoms with Gasteiger partial charge in [0.2, 0.25) is 0 Å². The van der Waals surface area contributed by atoms with Crippen molar-refractivity contribution >= 4 is 50.3 Å². The molecule has 1 aliphatic rings. The van der Waals surface area contributed by atoms with E-state index in [2.05, 4.69) is 44.4 Å². The topological polar surface area (TPSA) is 17.8 Å². The Hall–Kier alpha value is -0.190. The predicted molar refractivity (Wildman–Crippen MR) is 91.8 cm³/mol. The summed E-state index contributed by atoms with van der Waals surface area (Å²) in [4.78, 5) is 4.72. The van der Waals surface area contributed by atoms with Crippen molar-refractivity contribution in [1.29, 1.82) is 0 Å². The zero-order chi connectivity index (χ0) is 14.1. The van der Waals surface area contributed by atoms with Crippen LogP contribution >= 0.6 is 39.3 Å². The van der Waals surface area contributed by atoms with Crippen molar-refractivity contribution in [2.24, 2.45) is 5.92 Å². The number of fused-ring (bicyclic) bond motifs is 1. The summed E-state index contributed by atoms with van der Waals surface area (Å²) in [7, 11) is 0. The Labute approximate surface area is 137 Å². The van der Waals surface area contributed by atoms with E-state index in [-0.39, 0.29) is 5.38 Å². The molecule has 20 heavy (non-hydrogen) atoms. The van der Waals surface area contributed by atoms with Gasteiger partial charge in [-0.05, 0) is 55.4 Å². The van der Waals surface area contributed by atoms with Gasteiger partial charge < -0.3 is 4.57 Å². The van der Waals surface area contributed by atoms with Crippen LogP contribution in [0.3, 0.4) is 0 Å². The van der Waals surface area contributed by atoms with Crippen LogP contribution in [0.1, 0.15) is 31.0 Å². The molecule has 108 valence electrons. The van der Waals surface area contributed by atoms with Crippen molar-refractivity contribution in [3.63, 3.8) is 0 Å². The number of halogens is 2. The van der Waals surface area contributed by atoms with Crippen molar-refractivity contribution in [3.8, 4) is 0 Å².